The van der Waals surface area contributed by atoms with Gasteiger partial charge < -0.3 is 0 Å². The number of aliphatic imine (C=N–C) groups is 1. The number of halogens is 7. The predicted octanol–water partition coefficient (Wildman–Crippen LogP) is 5.52. The van der Waals surface area contributed by atoms with Crippen LogP contribution in [0.15, 0.2) is 29.3 Å². The van der Waals surface area contributed by atoms with Crippen LogP contribution in [0.4, 0.5) is 27.6 Å². The molecular weight excluding hydrogens is 525 g/mol. The molecule has 1 heterocycles. The topological polar surface area (TPSA) is 51.5 Å². The van der Waals surface area contributed by atoms with Crippen molar-refractivity contribution in [1.82, 2.24) is 4.98 Å². The van der Waals surface area contributed by atoms with E-state index in [2.05, 4.69) is 25.7 Å². The number of Topliss-reactive ketones (excluding diaryl/α,β-unsaturated/α-hetero) is 1. The molecule has 0 fully saturated rings. The van der Waals surface area contributed by atoms with Crippen LogP contribution in [-0.2, 0) is 15.7 Å². The molecule has 0 bridgehead atoms. The molecule has 32 heavy (non-hydrogen) atoms. The summed E-state index contributed by atoms with van der Waals surface area (Å²) < 4.78 is 73.3. The van der Waals surface area contributed by atoms with Crippen LogP contribution < -0.4 is 9.23 Å². The van der Waals surface area contributed by atoms with Gasteiger partial charge in [-0.1, -0.05) is 0 Å². The fourth-order valence-corrected chi connectivity index (χ4v) is 3.41. The number of ketones is 1. The molecule has 1 aromatic heterocycles. The van der Waals surface area contributed by atoms with Gasteiger partial charge in [-0.25, -0.2) is 0 Å². The molecule has 4 nitrogen and oxygen atoms in total. The molecule has 2 aromatic carbocycles. The van der Waals surface area contributed by atoms with Crippen LogP contribution in [0.2, 0.25) is 10.2 Å². The monoisotopic (exact) mass is 532 g/mol. The normalized spacial score (nSPS) is 11.3. The van der Waals surface area contributed by atoms with Crippen molar-refractivity contribution in [3.63, 3.8) is 0 Å². The van der Waals surface area contributed by atoms with Crippen LogP contribution in [0, 0.1) is 29.1 Å². The number of hydrogen-bond donors (Lipinski definition) is 0. The summed E-state index contributed by atoms with van der Waals surface area (Å²) in [6.07, 6.45) is 0.347. The van der Waals surface area contributed by atoms with Gasteiger partial charge in [0.2, 0.25) is 0 Å². The quantitative estimate of drug-likeness (QED) is 0.109. The zero-order valence-corrected chi connectivity index (χ0v) is 18.1. The van der Waals surface area contributed by atoms with Crippen LogP contribution in [-0.4, -0.2) is 24.1 Å². The van der Waals surface area contributed by atoms with Crippen molar-refractivity contribution in [3.8, 4) is 17.0 Å². The van der Waals surface area contributed by atoms with Gasteiger partial charge in [-0.05, 0) is 0 Å². The van der Waals surface area contributed by atoms with E-state index in [0.29, 0.717) is 16.3 Å². The summed E-state index contributed by atoms with van der Waals surface area (Å²) in [5.41, 5.74) is -1.52. The molecule has 3 rings (SSSR count). The van der Waals surface area contributed by atoms with Crippen molar-refractivity contribution in [1.29, 1.82) is 0 Å². The molecule has 12 heteroatoms. The van der Waals surface area contributed by atoms with Gasteiger partial charge in [0.15, 0.2) is 0 Å². The number of aromatic nitrogens is 1. The maximum atomic E-state index is 13.9. The first-order valence-electron chi connectivity index (χ1n) is 8.35. The number of ether oxygens (including phenoxy) is 1. The van der Waals surface area contributed by atoms with Crippen molar-refractivity contribution in [2.45, 2.75) is 0 Å². The third-order valence-electron chi connectivity index (χ3n) is 4.13. The number of hydrogen-bond acceptors (Lipinski definition) is 4. The molecule has 0 unspecified atom stereocenters. The fourth-order valence-electron chi connectivity index (χ4n) is 2.69. The predicted molar refractivity (Wildman–Crippen MR) is 105 cm³/mol. The second-order valence-corrected chi connectivity index (χ2v) is 7.27. The number of pyridine rings is 1. The molecule has 0 saturated carbocycles. The third kappa shape index (κ3) is 4.23. The fraction of sp³-hybridized carbons (Fsp3) is 0.0500. The first-order valence-corrected chi connectivity index (χ1v) is 9.63. The SMILES string of the molecule is COc1nc(Cl)c(Cl)c(C(=O)C=Nc2c(F)c(F)c(F)c(F)c2F)c1-c1cccc[c]1[Co]. The molecule has 0 N–H and O–H groups in total. The number of carbonyl (C=O) groups excluding carboxylic acids is 1. The molecule has 0 saturated heterocycles. The van der Waals surface area contributed by atoms with E-state index in [-0.39, 0.29) is 27.2 Å². The van der Waals surface area contributed by atoms with E-state index >= 15 is 0 Å². The summed E-state index contributed by atoms with van der Waals surface area (Å²) in [5, 5.41) is -0.691. The Balaban J connectivity index is 2.22. The van der Waals surface area contributed by atoms with E-state index in [9.17, 15) is 26.7 Å². The van der Waals surface area contributed by atoms with E-state index in [0.717, 1.165) is 0 Å². The standard InChI is InChI=1S/C20H8Cl2F5N2O2.Co/c1-31-20-10(8-5-3-2-4-6-8)11(12(21)19(22)29-20)9(30)7-28-18-16(26)14(24)13(23)15(25)17(18)27;/h2-5,7H,1H3;. The van der Waals surface area contributed by atoms with Gasteiger partial charge in [0.1, 0.15) is 0 Å². The summed E-state index contributed by atoms with van der Waals surface area (Å²) in [5.74, 6) is -12.4. The molecule has 0 amide bonds. The molecule has 0 spiro atoms. The second kappa shape index (κ2) is 9.53. The Labute approximate surface area is 195 Å². The molecule has 168 valence electrons. The van der Waals surface area contributed by atoms with Crippen LogP contribution in [0.3, 0.4) is 0 Å². The minimum absolute atomic E-state index is 0.0273. The number of rotatable bonds is 5. The zero-order valence-electron chi connectivity index (χ0n) is 15.6. The summed E-state index contributed by atoms with van der Waals surface area (Å²) in [6.45, 7) is 0. The van der Waals surface area contributed by atoms with E-state index in [1.54, 1.807) is 24.3 Å². The van der Waals surface area contributed by atoms with E-state index in [1.165, 1.54) is 7.11 Å². The maximum absolute atomic E-state index is 13.9. The van der Waals surface area contributed by atoms with E-state index in [4.69, 9.17) is 27.9 Å². The van der Waals surface area contributed by atoms with Crippen LogP contribution in [0.5, 0.6) is 5.88 Å². The van der Waals surface area contributed by atoms with Gasteiger partial charge in [-0.3, -0.25) is 0 Å². The summed E-state index contributed by atoms with van der Waals surface area (Å²) in [6, 6.07) is 6.43. The minimum atomic E-state index is -2.36. The van der Waals surface area contributed by atoms with Gasteiger partial charge in [0.05, 0.1) is 0 Å². The van der Waals surface area contributed by atoms with Gasteiger partial charge in [-0.2, -0.15) is 0 Å². The Bertz CT molecular complexity index is 1260. The van der Waals surface area contributed by atoms with Crippen LogP contribution >= 0.6 is 23.2 Å². The van der Waals surface area contributed by atoms with E-state index < -0.39 is 40.6 Å². The van der Waals surface area contributed by atoms with Gasteiger partial charge >= 0.3 is 196 Å². The molecule has 0 aliphatic rings. The molecule has 3 aromatic rings. The van der Waals surface area contributed by atoms with Crippen molar-refractivity contribution in [2.24, 2.45) is 4.99 Å². The van der Waals surface area contributed by atoms with Gasteiger partial charge in [0, 0.05) is 0 Å². The third-order valence-corrected chi connectivity index (χ3v) is 5.32. The average molecular weight is 533 g/mol. The van der Waals surface area contributed by atoms with Gasteiger partial charge in [-0.15, -0.1) is 0 Å². The van der Waals surface area contributed by atoms with E-state index in [1.807, 2.05) is 0 Å². The van der Waals surface area contributed by atoms with Crippen LogP contribution in [0.25, 0.3) is 11.1 Å². The molecular formula is C20H8Cl2CoF5N2O2. The van der Waals surface area contributed by atoms with Crippen LogP contribution in [0.1, 0.15) is 10.4 Å². The molecule has 0 atom stereocenters. The first-order chi connectivity index (χ1) is 15.1. The summed E-state index contributed by atoms with van der Waals surface area (Å²) in [7, 11) is 1.24. The number of benzene rings is 2. The van der Waals surface area contributed by atoms with Crippen molar-refractivity contribution < 1.29 is 47.2 Å². The second-order valence-electron chi connectivity index (χ2n) is 5.97. The molecule has 0 radical (unpaired) electrons. The Morgan fingerprint density at radius 2 is 1.59 bits per heavy atom. The first kappa shape index (κ1) is 24.1. The zero-order chi connectivity index (χ0) is 23.7. The Morgan fingerprint density at radius 1 is 1.03 bits per heavy atom. The summed E-state index contributed by atoms with van der Waals surface area (Å²) in [4.78, 5) is 20.0. The summed E-state index contributed by atoms with van der Waals surface area (Å²) >= 11 is 16.5. The Morgan fingerprint density at radius 3 is 2.16 bits per heavy atom. The molecule has 0 aliphatic heterocycles. The number of nitrogens with zero attached hydrogens (tertiary/aromatic N) is 2. The number of methoxy groups -OCH3 is 1. The van der Waals surface area contributed by atoms with Gasteiger partial charge in [0.25, 0.3) is 0 Å². The van der Waals surface area contributed by atoms with Crippen molar-refractivity contribution >= 4 is 45.4 Å². The number of carbonyl (C=O) groups is 1. The van der Waals surface area contributed by atoms with Crippen molar-refractivity contribution in [3.05, 3.63) is 69.1 Å². The molecule has 0 aliphatic carbocycles. The van der Waals surface area contributed by atoms with Crippen molar-refractivity contribution in [2.75, 3.05) is 7.11 Å². The Kier molecular flexibility index (Phi) is 7.18. The average Bonchev–Trinajstić information content (AvgIpc) is 2.78. The Hall–Kier alpha value is -2.53.